The second-order valence-corrected chi connectivity index (χ2v) is 8.45. The number of ether oxygens (including phenoxy) is 3. The van der Waals surface area contributed by atoms with E-state index in [9.17, 15) is 9.59 Å². The highest BCUT2D eigenvalue weighted by Crippen LogP contribution is 2.52. The number of nitrogens with zero attached hydrogens (tertiary/aromatic N) is 1. The Kier molecular flexibility index (Phi) is 4.08. The standard InChI is InChI=1S/C24H22N2O5/c27-22(25-16-6-7-17-19(12-16)30-14-29-17)20-18-8-10-24(31-18)13-26(23(28)21(20)24)11-9-15-4-2-1-3-5-15/h1-8,10,12,18,20-21H,9,11,13-14H2,(H,25,27)/t18-,20+,21+,24-/m0/s1. The van der Waals surface area contributed by atoms with Crippen LogP contribution in [0.25, 0.3) is 0 Å². The molecule has 6 rings (SSSR count). The molecular weight excluding hydrogens is 396 g/mol. The fraction of sp³-hybridized carbons (Fsp3) is 0.333. The Bertz CT molecular complexity index is 1080. The third kappa shape index (κ3) is 2.91. The molecule has 4 aliphatic rings. The lowest BCUT2D eigenvalue weighted by Gasteiger charge is -2.23. The summed E-state index contributed by atoms with van der Waals surface area (Å²) in [4.78, 5) is 28.4. The smallest absolute Gasteiger partial charge is 0.231 e. The minimum atomic E-state index is -0.699. The van der Waals surface area contributed by atoms with E-state index in [4.69, 9.17) is 14.2 Å². The van der Waals surface area contributed by atoms with Crippen LogP contribution < -0.4 is 14.8 Å². The number of carbonyl (C=O) groups is 2. The number of rotatable bonds is 5. The lowest BCUT2D eigenvalue weighted by atomic mass is 9.77. The molecule has 2 bridgehead atoms. The van der Waals surface area contributed by atoms with Crippen LogP contribution in [0.1, 0.15) is 5.56 Å². The van der Waals surface area contributed by atoms with Crippen molar-refractivity contribution in [2.24, 2.45) is 11.8 Å². The molecule has 2 amide bonds. The fourth-order valence-corrected chi connectivity index (χ4v) is 5.18. The van der Waals surface area contributed by atoms with Crippen LogP contribution in [0.2, 0.25) is 0 Å². The van der Waals surface area contributed by atoms with E-state index in [-0.39, 0.29) is 24.7 Å². The summed E-state index contributed by atoms with van der Waals surface area (Å²) in [6.45, 7) is 1.28. The van der Waals surface area contributed by atoms with Gasteiger partial charge >= 0.3 is 0 Å². The topological polar surface area (TPSA) is 77.1 Å². The Morgan fingerprint density at radius 1 is 1.13 bits per heavy atom. The first-order chi connectivity index (χ1) is 15.1. The second kappa shape index (κ2) is 6.85. The Hall–Kier alpha value is -3.32. The largest absolute Gasteiger partial charge is 0.454 e. The van der Waals surface area contributed by atoms with E-state index in [0.717, 1.165) is 6.42 Å². The molecule has 0 aromatic heterocycles. The molecule has 1 spiro atoms. The molecule has 4 heterocycles. The van der Waals surface area contributed by atoms with E-state index < -0.39 is 17.4 Å². The Labute approximate surface area is 179 Å². The fourth-order valence-electron chi connectivity index (χ4n) is 5.18. The number of hydrogen-bond donors (Lipinski definition) is 1. The van der Waals surface area contributed by atoms with Gasteiger partial charge in [0.1, 0.15) is 5.60 Å². The number of benzene rings is 2. The van der Waals surface area contributed by atoms with E-state index in [1.165, 1.54) is 5.56 Å². The van der Waals surface area contributed by atoms with Crippen LogP contribution in [-0.4, -0.2) is 48.3 Å². The monoisotopic (exact) mass is 418 g/mol. The maximum atomic E-state index is 13.3. The van der Waals surface area contributed by atoms with Crippen LogP contribution in [0, 0.1) is 11.8 Å². The number of anilines is 1. The zero-order valence-electron chi connectivity index (χ0n) is 16.8. The first kappa shape index (κ1) is 18.4. The summed E-state index contributed by atoms with van der Waals surface area (Å²) < 4.78 is 16.9. The minimum Gasteiger partial charge on any atom is -0.454 e. The molecule has 4 atom stereocenters. The van der Waals surface area contributed by atoms with Crippen molar-refractivity contribution in [3.8, 4) is 11.5 Å². The van der Waals surface area contributed by atoms with Crippen molar-refractivity contribution < 1.29 is 23.8 Å². The molecule has 4 aliphatic heterocycles. The van der Waals surface area contributed by atoms with Gasteiger partial charge in [-0.1, -0.05) is 42.5 Å². The third-order valence-electron chi connectivity index (χ3n) is 6.63. The van der Waals surface area contributed by atoms with Crippen LogP contribution in [0.15, 0.2) is 60.7 Å². The average Bonchev–Trinajstić information content (AvgIpc) is 3.53. The summed E-state index contributed by atoms with van der Waals surface area (Å²) in [5.41, 5.74) is 1.10. The summed E-state index contributed by atoms with van der Waals surface area (Å²) in [7, 11) is 0. The van der Waals surface area contributed by atoms with Crippen molar-refractivity contribution in [3.63, 3.8) is 0 Å². The molecule has 2 aromatic carbocycles. The van der Waals surface area contributed by atoms with Gasteiger partial charge in [-0.15, -0.1) is 0 Å². The third-order valence-corrected chi connectivity index (χ3v) is 6.63. The summed E-state index contributed by atoms with van der Waals surface area (Å²) in [6, 6.07) is 15.4. The SMILES string of the molecule is O=C(Nc1ccc2c(c1)OCO2)[C@@H]1[C@@H]2C=C[C@@]3(CN(CCc4ccccc4)C(=O)[C@@H]13)O2. The van der Waals surface area contributed by atoms with Crippen molar-refractivity contribution in [2.75, 3.05) is 25.2 Å². The quantitative estimate of drug-likeness (QED) is 0.755. The summed E-state index contributed by atoms with van der Waals surface area (Å²) in [6.07, 6.45) is 4.30. The average molecular weight is 418 g/mol. The molecule has 2 aromatic rings. The van der Waals surface area contributed by atoms with Crippen molar-refractivity contribution in [3.05, 3.63) is 66.2 Å². The Morgan fingerprint density at radius 3 is 2.84 bits per heavy atom. The van der Waals surface area contributed by atoms with Gasteiger partial charge < -0.3 is 24.4 Å². The van der Waals surface area contributed by atoms with Crippen LogP contribution in [0.4, 0.5) is 5.69 Å². The van der Waals surface area contributed by atoms with Gasteiger partial charge in [-0.05, 0) is 24.1 Å². The maximum Gasteiger partial charge on any atom is 0.231 e. The number of nitrogens with one attached hydrogen (secondary N) is 1. The molecule has 0 aliphatic carbocycles. The molecule has 2 fully saturated rings. The van der Waals surface area contributed by atoms with Gasteiger partial charge in [0.2, 0.25) is 18.6 Å². The van der Waals surface area contributed by atoms with Gasteiger partial charge in [0.15, 0.2) is 11.5 Å². The van der Waals surface area contributed by atoms with Crippen LogP contribution in [-0.2, 0) is 20.7 Å². The van der Waals surface area contributed by atoms with E-state index >= 15 is 0 Å². The molecule has 31 heavy (non-hydrogen) atoms. The highest BCUT2D eigenvalue weighted by atomic mass is 16.7. The predicted octanol–water partition coefficient (Wildman–Crippen LogP) is 2.38. The van der Waals surface area contributed by atoms with Crippen molar-refractivity contribution >= 4 is 17.5 Å². The molecule has 1 N–H and O–H groups in total. The molecule has 0 unspecified atom stereocenters. The van der Waals surface area contributed by atoms with Gasteiger partial charge in [0, 0.05) is 18.3 Å². The summed E-state index contributed by atoms with van der Waals surface area (Å²) in [5, 5.41) is 2.94. The normalized spacial score (nSPS) is 29.5. The Balaban J connectivity index is 1.19. The Morgan fingerprint density at radius 2 is 1.97 bits per heavy atom. The van der Waals surface area contributed by atoms with Gasteiger partial charge in [0.05, 0.1) is 24.5 Å². The van der Waals surface area contributed by atoms with Crippen LogP contribution in [0.3, 0.4) is 0 Å². The number of carbonyl (C=O) groups excluding carboxylic acids is 2. The van der Waals surface area contributed by atoms with Crippen LogP contribution >= 0.6 is 0 Å². The molecule has 7 nitrogen and oxygen atoms in total. The molecule has 0 saturated carbocycles. The first-order valence-corrected chi connectivity index (χ1v) is 10.5. The van der Waals surface area contributed by atoms with E-state index in [1.807, 2.05) is 35.3 Å². The first-order valence-electron chi connectivity index (χ1n) is 10.5. The maximum absolute atomic E-state index is 13.3. The summed E-state index contributed by atoms with van der Waals surface area (Å²) >= 11 is 0. The van der Waals surface area contributed by atoms with Gasteiger partial charge in [0.25, 0.3) is 0 Å². The molecule has 7 heteroatoms. The lowest BCUT2D eigenvalue weighted by Crippen LogP contribution is -2.41. The van der Waals surface area contributed by atoms with Crippen molar-refractivity contribution in [1.29, 1.82) is 0 Å². The zero-order valence-corrected chi connectivity index (χ0v) is 16.8. The second-order valence-electron chi connectivity index (χ2n) is 8.45. The van der Waals surface area contributed by atoms with Gasteiger partial charge in [-0.25, -0.2) is 0 Å². The minimum absolute atomic E-state index is 0.00591. The highest BCUT2D eigenvalue weighted by Gasteiger charge is 2.66. The van der Waals surface area contributed by atoms with Gasteiger partial charge in [-0.3, -0.25) is 9.59 Å². The van der Waals surface area contributed by atoms with Crippen LogP contribution in [0.5, 0.6) is 11.5 Å². The molecule has 2 saturated heterocycles. The van der Waals surface area contributed by atoms with Crippen molar-refractivity contribution in [2.45, 2.75) is 18.1 Å². The highest BCUT2D eigenvalue weighted by molar-refractivity contribution is 5.99. The van der Waals surface area contributed by atoms with Gasteiger partial charge in [-0.2, -0.15) is 0 Å². The van der Waals surface area contributed by atoms with E-state index in [1.54, 1.807) is 18.2 Å². The molecular formula is C24H22N2O5. The van der Waals surface area contributed by atoms with E-state index in [2.05, 4.69) is 17.4 Å². The number of likely N-dealkylation sites (tertiary alicyclic amines) is 1. The number of amides is 2. The summed E-state index contributed by atoms with van der Waals surface area (Å²) in [5.74, 6) is -0.00513. The molecule has 0 radical (unpaired) electrons. The van der Waals surface area contributed by atoms with Crippen molar-refractivity contribution in [1.82, 2.24) is 4.90 Å². The van der Waals surface area contributed by atoms with E-state index in [0.29, 0.717) is 30.3 Å². The number of hydrogen-bond acceptors (Lipinski definition) is 5. The zero-order chi connectivity index (χ0) is 21.0. The number of fused-ring (bicyclic) bond motifs is 2. The predicted molar refractivity (Wildman–Crippen MR) is 112 cm³/mol. The molecule has 158 valence electrons. The lowest BCUT2D eigenvalue weighted by molar-refractivity contribution is -0.135.